The Labute approximate surface area is 234 Å². The first-order chi connectivity index (χ1) is 18.9. The lowest BCUT2D eigenvalue weighted by Crippen LogP contribution is -2.41. The van der Waals surface area contributed by atoms with Crippen molar-refractivity contribution in [3.05, 3.63) is 59.7 Å². The van der Waals surface area contributed by atoms with Crippen molar-refractivity contribution in [2.24, 2.45) is 5.41 Å². The van der Waals surface area contributed by atoms with Gasteiger partial charge >= 0.3 is 0 Å². The van der Waals surface area contributed by atoms with Gasteiger partial charge in [-0.15, -0.1) is 0 Å². The molecule has 2 aliphatic heterocycles. The van der Waals surface area contributed by atoms with Crippen LogP contribution in [0.3, 0.4) is 0 Å². The minimum Gasteiger partial charge on any atom is -0.494 e. The van der Waals surface area contributed by atoms with Crippen molar-refractivity contribution in [2.45, 2.75) is 26.2 Å². The number of fused-ring (bicyclic) bond motifs is 1. The molecule has 39 heavy (non-hydrogen) atoms. The summed E-state index contributed by atoms with van der Waals surface area (Å²) >= 11 is 5.79. The number of methoxy groups -OCH3 is 1. The largest absolute Gasteiger partial charge is 0.494 e. The van der Waals surface area contributed by atoms with Crippen LogP contribution in [0.5, 0.6) is 5.75 Å². The Balaban J connectivity index is 0.000000202. The number of nitrogens with one attached hydrogen (secondary N) is 2. The number of ether oxygens (including phenoxy) is 1. The van der Waals surface area contributed by atoms with Gasteiger partial charge in [0.1, 0.15) is 23.7 Å². The molecule has 0 radical (unpaired) electrons. The monoisotopic (exact) mass is 554 g/mol. The van der Waals surface area contributed by atoms with Crippen LogP contribution in [0, 0.1) is 11.2 Å². The quantitative estimate of drug-likeness (QED) is 0.285. The number of carbonyl (C=O) groups excluding carboxylic acids is 1. The van der Waals surface area contributed by atoms with E-state index in [1.807, 2.05) is 0 Å². The summed E-state index contributed by atoms with van der Waals surface area (Å²) in [6, 6.07) is 7.64. The molecular weight excluding hydrogens is 519 g/mol. The average Bonchev–Trinajstić information content (AvgIpc) is 3.30. The normalized spacial score (nSPS) is 17.3. The third kappa shape index (κ3) is 7.23. The lowest BCUT2D eigenvalue weighted by atomic mass is 9.78. The molecule has 0 bridgehead atoms. The van der Waals surface area contributed by atoms with Gasteiger partial charge in [-0.1, -0.05) is 23.8 Å². The number of benzene rings is 2. The average molecular weight is 555 g/mol. The Morgan fingerprint density at radius 1 is 1.15 bits per heavy atom. The van der Waals surface area contributed by atoms with Crippen molar-refractivity contribution < 1.29 is 13.9 Å². The van der Waals surface area contributed by atoms with Crippen LogP contribution in [-0.2, 0) is 4.79 Å². The zero-order valence-electron chi connectivity index (χ0n) is 22.7. The molecule has 3 aromatic rings. The first kappa shape index (κ1) is 28.7. The number of allylic oxidation sites excluding steroid dienone is 1. The number of carbonyl (C=O) groups is 1. The van der Waals surface area contributed by atoms with Crippen LogP contribution in [0.15, 0.2) is 48.8 Å². The minimum absolute atomic E-state index is 0.00309. The molecule has 0 aliphatic carbocycles. The van der Waals surface area contributed by atoms with Gasteiger partial charge in [0.2, 0.25) is 6.41 Å². The van der Waals surface area contributed by atoms with E-state index in [9.17, 15) is 9.18 Å². The van der Waals surface area contributed by atoms with E-state index in [0.29, 0.717) is 45.7 Å². The number of aromatic nitrogens is 2. The van der Waals surface area contributed by atoms with Gasteiger partial charge in [-0.3, -0.25) is 9.69 Å². The summed E-state index contributed by atoms with van der Waals surface area (Å²) in [5.41, 5.74) is 2.35. The van der Waals surface area contributed by atoms with Gasteiger partial charge < -0.3 is 20.3 Å². The van der Waals surface area contributed by atoms with Crippen molar-refractivity contribution in [2.75, 3.05) is 57.5 Å². The third-order valence-corrected chi connectivity index (χ3v) is 7.79. The van der Waals surface area contributed by atoms with Crippen LogP contribution in [0.25, 0.3) is 10.9 Å². The summed E-state index contributed by atoms with van der Waals surface area (Å²) in [5.74, 6) is 0.459. The predicted octanol–water partition coefficient (Wildman–Crippen LogP) is 5.72. The van der Waals surface area contributed by atoms with Gasteiger partial charge in [0, 0.05) is 30.2 Å². The van der Waals surface area contributed by atoms with E-state index < -0.39 is 5.82 Å². The van der Waals surface area contributed by atoms with E-state index >= 15 is 0 Å². The number of halogens is 2. The summed E-state index contributed by atoms with van der Waals surface area (Å²) < 4.78 is 18.5. The Hall–Kier alpha value is -3.27. The molecule has 1 amide bonds. The maximum atomic E-state index is 13.3. The number of likely N-dealkylation sites (tertiary alicyclic amines) is 2. The van der Waals surface area contributed by atoms with Gasteiger partial charge in [0.25, 0.3) is 0 Å². The fraction of sp³-hybridized carbons (Fsp3) is 0.414. The fourth-order valence-electron chi connectivity index (χ4n) is 5.27. The first-order valence-electron chi connectivity index (χ1n) is 13.1. The number of nitrogens with zero attached hydrogens (tertiary/aromatic N) is 4. The van der Waals surface area contributed by atoms with Crippen LogP contribution in [0.4, 0.5) is 21.6 Å². The van der Waals surface area contributed by atoms with Gasteiger partial charge in [0.15, 0.2) is 0 Å². The van der Waals surface area contributed by atoms with Crippen molar-refractivity contribution in [3.63, 3.8) is 0 Å². The molecule has 1 spiro atoms. The number of anilines is 3. The first-order valence-corrected chi connectivity index (χ1v) is 13.5. The van der Waals surface area contributed by atoms with E-state index in [4.69, 9.17) is 16.3 Å². The molecular formula is C29H36ClFN6O2. The van der Waals surface area contributed by atoms with Crippen LogP contribution in [-0.4, -0.2) is 73.1 Å². The summed E-state index contributed by atoms with van der Waals surface area (Å²) in [5, 5.41) is 6.29. The molecule has 0 atom stereocenters. The van der Waals surface area contributed by atoms with Crippen LogP contribution in [0.2, 0.25) is 5.02 Å². The van der Waals surface area contributed by atoms with Crippen molar-refractivity contribution in [1.82, 2.24) is 19.8 Å². The second-order valence-electron chi connectivity index (χ2n) is 10.2. The van der Waals surface area contributed by atoms with E-state index in [1.54, 1.807) is 18.2 Å². The Morgan fingerprint density at radius 3 is 2.56 bits per heavy atom. The molecule has 0 unspecified atom stereocenters. The minimum atomic E-state index is -0.503. The van der Waals surface area contributed by atoms with Crippen molar-refractivity contribution in [3.8, 4) is 5.75 Å². The molecule has 8 nitrogen and oxygen atoms in total. The van der Waals surface area contributed by atoms with Gasteiger partial charge in [-0.25, -0.2) is 14.4 Å². The summed E-state index contributed by atoms with van der Waals surface area (Å²) in [4.78, 5) is 24.2. The highest BCUT2D eigenvalue weighted by Crippen LogP contribution is 2.39. The maximum absolute atomic E-state index is 13.3. The molecule has 2 N–H and O–H groups in total. The Bertz CT molecular complexity index is 1310. The third-order valence-electron chi connectivity index (χ3n) is 7.50. The number of piperidine rings is 1. The highest BCUT2D eigenvalue weighted by Gasteiger charge is 2.38. The topological polar surface area (TPSA) is 82.6 Å². The smallest absolute Gasteiger partial charge is 0.211 e. The van der Waals surface area contributed by atoms with Crippen LogP contribution < -0.4 is 15.4 Å². The molecule has 5 rings (SSSR count). The second-order valence-corrected chi connectivity index (χ2v) is 10.6. The molecule has 2 aliphatic rings. The summed E-state index contributed by atoms with van der Waals surface area (Å²) in [6.45, 7) is 8.52. The van der Waals surface area contributed by atoms with E-state index in [0.717, 1.165) is 6.54 Å². The van der Waals surface area contributed by atoms with Crippen molar-refractivity contribution >= 4 is 46.1 Å². The number of hydrogen-bond acceptors (Lipinski definition) is 7. The highest BCUT2D eigenvalue weighted by atomic mass is 35.5. The SMILES string of the molecule is C/C=C/CN1CCC2(CCN(C)C2)CC1.COc1cc2ncnc(Nc3ccc(F)c(Cl)c3)c2cc1NC=O. The van der Waals surface area contributed by atoms with E-state index in [1.165, 1.54) is 71.0 Å². The van der Waals surface area contributed by atoms with Gasteiger partial charge in [-0.05, 0) is 82.5 Å². The van der Waals surface area contributed by atoms with Crippen LogP contribution >= 0.6 is 11.6 Å². The molecule has 2 aromatic carbocycles. The standard InChI is InChI=1S/C16H12ClFN4O2.C13H24N2/c1-24-15-6-13-10(5-14(15)21-8-23)16(20-7-19-13)22-9-2-3-12(18)11(17)4-9;1-3-4-8-15-10-6-13(7-11-15)5-9-14(2)12-13/h2-8H,1H3,(H,21,23)(H,19,20,22);3-4H,5-12H2,1-2H3/b;4-3+. The molecule has 1 aromatic heterocycles. The van der Waals surface area contributed by atoms with Crippen LogP contribution in [0.1, 0.15) is 26.2 Å². The molecule has 2 saturated heterocycles. The van der Waals surface area contributed by atoms with Gasteiger partial charge in [-0.2, -0.15) is 0 Å². The Kier molecular flexibility index (Phi) is 9.72. The highest BCUT2D eigenvalue weighted by molar-refractivity contribution is 6.31. The number of hydrogen-bond donors (Lipinski definition) is 2. The molecule has 10 heteroatoms. The lowest BCUT2D eigenvalue weighted by Gasteiger charge is -2.38. The lowest BCUT2D eigenvalue weighted by molar-refractivity contribution is -0.105. The number of rotatable bonds is 7. The van der Waals surface area contributed by atoms with Gasteiger partial charge in [0.05, 0.1) is 23.3 Å². The zero-order valence-corrected chi connectivity index (χ0v) is 23.5. The summed E-state index contributed by atoms with van der Waals surface area (Å²) in [6.07, 6.45) is 10.6. The van der Waals surface area contributed by atoms with Crippen molar-refractivity contribution in [1.29, 1.82) is 0 Å². The predicted molar refractivity (Wildman–Crippen MR) is 156 cm³/mol. The van der Waals surface area contributed by atoms with E-state index in [2.05, 4.69) is 56.5 Å². The maximum Gasteiger partial charge on any atom is 0.211 e. The molecule has 2 fully saturated rings. The molecule has 3 heterocycles. The Morgan fingerprint density at radius 2 is 1.92 bits per heavy atom. The summed E-state index contributed by atoms with van der Waals surface area (Å²) in [7, 11) is 3.76. The fourth-order valence-corrected chi connectivity index (χ4v) is 5.45. The second kappa shape index (κ2) is 13.2. The number of amides is 1. The van der Waals surface area contributed by atoms with E-state index in [-0.39, 0.29) is 5.02 Å². The molecule has 0 saturated carbocycles. The zero-order chi connectivity index (χ0) is 27.8. The molecule has 208 valence electrons.